The van der Waals surface area contributed by atoms with Gasteiger partial charge in [-0.3, -0.25) is 4.99 Å². The second-order valence-corrected chi connectivity index (χ2v) is 6.29. The molecule has 0 saturated heterocycles. The van der Waals surface area contributed by atoms with Crippen molar-refractivity contribution < 1.29 is 4.74 Å². The van der Waals surface area contributed by atoms with Crippen molar-refractivity contribution in [2.45, 2.75) is 23.6 Å². The SMILES string of the molecule is COc1c(Cl)ccc2c1SC(C)(C)N=C2Cl. The zero-order valence-electron chi connectivity index (χ0n) is 9.17. The minimum atomic E-state index is -0.290. The third-order valence-electron chi connectivity index (χ3n) is 2.21. The number of halogens is 2. The van der Waals surface area contributed by atoms with Crippen molar-refractivity contribution in [2.75, 3.05) is 7.11 Å². The summed E-state index contributed by atoms with van der Waals surface area (Å²) in [6.07, 6.45) is 0. The van der Waals surface area contributed by atoms with E-state index in [0.717, 1.165) is 10.5 Å². The Kier molecular flexibility index (Phi) is 3.12. The highest BCUT2D eigenvalue weighted by Crippen LogP contribution is 2.47. The molecule has 1 aromatic rings. The van der Waals surface area contributed by atoms with Crippen LogP contribution >= 0.6 is 35.0 Å². The minimum Gasteiger partial charge on any atom is -0.494 e. The summed E-state index contributed by atoms with van der Waals surface area (Å²) >= 11 is 13.8. The van der Waals surface area contributed by atoms with Gasteiger partial charge in [-0.2, -0.15) is 0 Å². The summed E-state index contributed by atoms with van der Waals surface area (Å²) in [6.45, 7) is 4.01. The molecule has 0 aromatic heterocycles. The maximum absolute atomic E-state index is 6.15. The third kappa shape index (κ3) is 2.04. The van der Waals surface area contributed by atoms with Gasteiger partial charge >= 0.3 is 0 Å². The Balaban J connectivity index is 2.65. The molecule has 0 aliphatic carbocycles. The van der Waals surface area contributed by atoms with Gasteiger partial charge in [0.15, 0.2) is 5.75 Å². The molecule has 0 atom stereocenters. The fourth-order valence-electron chi connectivity index (χ4n) is 1.56. The van der Waals surface area contributed by atoms with E-state index in [1.807, 2.05) is 19.9 Å². The van der Waals surface area contributed by atoms with Crippen molar-refractivity contribution in [1.82, 2.24) is 0 Å². The van der Waals surface area contributed by atoms with Gasteiger partial charge < -0.3 is 4.74 Å². The van der Waals surface area contributed by atoms with Crippen molar-refractivity contribution in [2.24, 2.45) is 4.99 Å². The molecule has 0 fully saturated rings. The number of benzene rings is 1. The first-order chi connectivity index (χ1) is 7.44. The average molecular weight is 276 g/mol. The fourth-order valence-corrected chi connectivity index (χ4v) is 3.52. The van der Waals surface area contributed by atoms with Crippen LogP contribution in [0.2, 0.25) is 5.02 Å². The second-order valence-electron chi connectivity index (χ2n) is 3.91. The van der Waals surface area contributed by atoms with E-state index in [1.165, 1.54) is 0 Å². The number of nitrogens with zero attached hydrogens (tertiary/aromatic N) is 1. The molecule has 0 amide bonds. The lowest BCUT2D eigenvalue weighted by atomic mass is 10.2. The number of thioether (sulfide) groups is 1. The van der Waals surface area contributed by atoms with E-state index >= 15 is 0 Å². The summed E-state index contributed by atoms with van der Waals surface area (Å²) in [5.41, 5.74) is 0.882. The van der Waals surface area contributed by atoms with Gasteiger partial charge in [0.25, 0.3) is 0 Å². The zero-order valence-corrected chi connectivity index (χ0v) is 11.5. The molecule has 0 spiro atoms. The predicted molar refractivity (Wildman–Crippen MR) is 70.3 cm³/mol. The molecule has 0 saturated carbocycles. The lowest BCUT2D eigenvalue weighted by Crippen LogP contribution is -2.19. The molecule has 5 heteroatoms. The molecule has 0 bridgehead atoms. The lowest BCUT2D eigenvalue weighted by molar-refractivity contribution is 0.404. The van der Waals surface area contributed by atoms with Crippen LogP contribution in [0.15, 0.2) is 22.0 Å². The second kappa shape index (κ2) is 4.13. The van der Waals surface area contributed by atoms with Gasteiger partial charge in [-0.05, 0) is 26.0 Å². The number of aliphatic imine (C=N–C) groups is 1. The van der Waals surface area contributed by atoms with Crippen LogP contribution in [0.3, 0.4) is 0 Å². The van der Waals surface area contributed by atoms with Gasteiger partial charge in [0.2, 0.25) is 0 Å². The van der Waals surface area contributed by atoms with Crippen molar-refractivity contribution >= 4 is 40.1 Å². The molecule has 1 aliphatic heterocycles. The molecule has 1 aliphatic rings. The number of hydrogen-bond donors (Lipinski definition) is 0. The summed E-state index contributed by atoms with van der Waals surface area (Å²) in [4.78, 5) is 5.08. The van der Waals surface area contributed by atoms with Gasteiger partial charge in [-0.1, -0.05) is 35.0 Å². The molecule has 0 radical (unpaired) electrons. The van der Waals surface area contributed by atoms with Gasteiger partial charge in [0, 0.05) is 5.56 Å². The molecule has 2 rings (SSSR count). The molecular weight excluding hydrogens is 265 g/mol. The first kappa shape index (κ1) is 12.1. The Morgan fingerprint density at radius 2 is 2.00 bits per heavy atom. The van der Waals surface area contributed by atoms with Crippen LogP contribution in [0, 0.1) is 0 Å². The van der Waals surface area contributed by atoms with Gasteiger partial charge in [0.05, 0.1) is 17.0 Å². The van der Waals surface area contributed by atoms with Crippen LogP contribution in [0.4, 0.5) is 0 Å². The molecular formula is C11H11Cl2NOS. The average Bonchev–Trinajstić information content (AvgIpc) is 2.15. The van der Waals surface area contributed by atoms with Crippen LogP contribution in [-0.2, 0) is 0 Å². The van der Waals surface area contributed by atoms with E-state index in [4.69, 9.17) is 27.9 Å². The standard InChI is InChI=1S/C11H11Cl2NOS/c1-11(2)14-10(13)6-4-5-7(12)8(15-3)9(6)16-11/h4-5H,1-3H3. The summed E-state index contributed by atoms with van der Waals surface area (Å²) in [7, 11) is 1.61. The summed E-state index contributed by atoms with van der Waals surface area (Å²) < 4.78 is 5.32. The Hall–Kier alpha value is -0.380. The fraction of sp³-hybridized carbons (Fsp3) is 0.364. The van der Waals surface area contributed by atoms with Gasteiger partial charge in [0.1, 0.15) is 10.0 Å². The van der Waals surface area contributed by atoms with Gasteiger partial charge in [-0.15, -0.1) is 0 Å². The van der Waals surface area contributed by atoms with E-state index in [1.54, 1.807) is 24.9 Å². The molecule has 2 nitrogen and oxygen atoms in total. The Morgan fingerprint density at radius 1 is 1.31 bits per heavy atom. The molecule has 1 aromatic carbocycles. The summed E-state index contributed by atoms with van der Waals surface area (Å²) in [5.74, 6) is 0.672. The highest BCUT2D eigenvalue weighted by molar-refractivity contribution is 8.00. The molecule has 0 N–H and O–H groups in total. The van der Waals surface area contributed by atoms with Crippen LogP contribution < -0.4 is 4.74 Å². The van der Waals surface area contributed by atoms with E-state index in [9.17, 15) is 0 Å². The van der Waals surface area contributed by atoms with Crippen molar-refractivity contribution in [1.29, 1.82) is 0 Å². The topological polar surface area (TPSA) is 21.6 Å². The maximum Gasteiger partial charge on any atom is 0.151 e. The zero-order chi connectivity index (χ0) is 11.9. The molecule has 1 heterocycles. The Labute approximate surface area is 109 Å². The predicted octanol–water partition coefficient (Wildman–Crippen LogP) is 4.18. The largest absolute Gasteiger partial charge is 0.494 e. The van der Waals surface area contributed by atoms with E-state index < -0.39 is 0 Å². The first-order valence-electron chi connectivity index (χ1n) is 4.76. The molecule has 16 heavy (non-hydrogen) atoms. The highest BCUT2D eigenvalue weighted by atomic mass is 35.5. The molecule has 0 unspecified atom stereocenters. The normalized spacial score (nSPS) is 17.7. The van der Waals surface area contributed by atoms with Crippen LogP contribution in [0.1, 0.15) is 19.4 Å². The minimum absolute atomic E-state index is 0.290. The number of fused-ring (bicyclic) bond motifs is 1. The maximum atomic E-state index is 6.15. The van der Waals surface area contributed by atoms with Crippen molar-refractivity contribution in [3.8, 4) is 5.75 Å². The summed E-state index contributed by atoms with van der Waals surface area (Å²) in [5, 5.41) is 1.10. The van der Waals surface area contributed by atoms with Crippen molar-refractivity contribution in [3.63, 3.8) is 0 Å². The van der Waals surface area contributed by atoms with Crippen LogP contribution in [-0.4, -0.2) is 17.2 Å². The van der Waals surface area contributed by atoms with Crippen molar-refractivity contribution in [3.05, 3.63) is 22.7 Å². The number of methoxy groups -OCH3 is 1. The molecule has 86 valence electrons. The van der Waals surface area contributed by atoms with E-state index in [0.29, 0.717) is 15.9 Å². The third-order valence-corrected chi connectivity index (χ3v) is 4.00. The van der Waals surface area contributed by atoms with Crippen LogP contribution in [0.25, 0.3) is 0 Å². The number of rotatable bonds is 1. The lowest BCUT2D eigenvalue weighted by Gasteiger charge is -2.27. The monoisotopic (exact) mass is 275 g/mol. The van der Waals surface area contributed by atoms with Crippen LogP contribution in [0.5, 0.6) is 5.75 Å². The number of hydrogen-bond acceptors (Lipinski definition) is 3. The Morgan fingerprint density at radius 3 is 2.62 bits per heavy atom. The van der Waals surface area contributed by atoms with Gasteiger partial charge in [-0.25, -0.2) is 0 Å². The smallest absolute Gasteiger partial charge is 0.151 e. The van der Waals surface area contributed by atoms with E-state index in [2.05, 4.69) is 4.99 Å². The van der Waals surface area contributed by atoms with E-state index in [-0.39, 0.29) is 4.87 Å². The first-order valence-corrected chi connectivity index (χ1v) is 6.33. The quantitative estimate of drug-likeness (QED) is 0.767. The summed E-state index contributed by atoms with van der Waals surface area (Å²) in [6, 6.07) is 3.64. The number of ether oxygens (including phenoxy) is 1. The highest BCUT2D eigenvalue weighted by Gasteiger charge is 2.30. The Bertz CT molecular complexity index is 471.